The van der Waals surface area contributed by atoms with Crippen molar-refractivity contribution in [2.75, 3.05) is 14.1 Å². The monoisotopic (exact) mass is 257 g/mol. The summed E-state index contributed by atoms with van der Waals surface area (Å²) < 4.78 is 11.3. The summed E-state index contributed by atoms with van der Waals surface area (Å²) in [6, 6.07) is 10.1. The highest BCUT2D eigenvalue weighted by Gasteiger charge is 2.10. The molecule has 0 bridgehead atoms. The van der Waals surface area contributed by atoms with Gasteiger partial charge in [-0.2, -0.15) is 0 Å². The lowest BCUT2D eigenvalue weighted by atomic mass is 10.2. The van der Waals surface area contributed by atoms with Crippen LogP contribution in [-0.4, -0.2) is 19.0 Å². The molecular formula is C16H19NO2. The number of hydrogen-bond acceptors (Lipinski definition) is 3. The first kappa shape index (κ1) is 13.3. The molecule has 0 N–H and O–H groups in total. The van der Waals surface area contributed by atoms with Gasteiger partial charge in [0.25, 0.3) is 0 Å². The van der Waals surface area contributed by atoms with Crippen LogP contribution in [0.2, 0.25) is 0 Å². The van der Waals surface area contributed by atoms with Gasteiger partial charge in [-0.15, -0.1) is 0 Å². The van der Waals surface area contributed by atoms with Crippen molar-refractivity contribution in [3.05, 3.63) is 72.0 Å². The van der Waals surface area contributed by atoms with E-state index in [9.17, 15) is 0 Å². The van der Waals surface area contributed by atoms with E-state index < -0.39 is 0 Å². The molecule has 2 rings (SSSR count). The fourth-order valence-corrected chi connectivity index (χ4v) is 1.67. The molecule has 0 unspecified atom stereocenters. The molecule has 0 spiro atoms. The minimum Gasteiger partial charge on any atom is -0.489 e. The van der Waals surface area contributed by atoms with Crippen LogP contribution in [0.1, 0.15) is 12.0 Å². The summed E-state index contributed by atoms with van der Waals surface area (Å²) in [5.41, 5.74) is 1.15. The van der Waals surface area contributed by atoms with E-state index in [4.69, 9.17) is 9.47 Å². The molecule has 0 atom stereocenters. The Morgan fingerprint density at radius 1 is 1.26 bits per heavy atom. The summed E-state index contributed by atoms with van der Waals surface area (Å²) in [5.74, 6) is 1.64. The van der Waals surface area contributed by atoms with Crippen LogP contribution in [0.15, 0.2) is 66.5 Å². The van der Waals surface area contributed by atoms with E-state index in [2.05, 4.69) is 12.1 Å². The van der Waals surface area contributed by atoms with Crippen molar-refractivity contribution in [3.8, 4) is 0 Å². The Kier molecular flexibility index (Phi) is 4.67. The minimum absolute atomic E-state index is 0.562. The first-order chi connectivity index (χ1) is 9.25. The van der Waals surface area contributed by atoms with Gasteiger partial charge in [-0.05, 0) is 11.6 Å². The van der Waals surface area contributed by atoms with Gasteiger partial charge in [0.1, 0.15) is 12.4 Å². The molecule has 1 aromatic carbocycles. The third-order valence-corrected chi connectivity index (χ3v) is 2.65. The van der Waals surface area contributed by atoms with Gasteiger partial charge >= 0.3 is 0 Å². The second-order valence-electron chi connectivity index (χ2n) is 4.53. The topological polar surface area (TPSA) is 21.7 Å². The first-order valence-corrected chi connectivity index (χ1v) is 6.32. The fourth-order valence-electron chi connectivity index (χ4n) is 1.67. The lowest BCUT2D eigenvalue weighted by Crippen LogP contribution is -2.04. The molecule has 3 heteroatoms. The van der Waals surface area contributed by atoms with Gasteiger partial charge in [0.2, 0.25) is 0 Å². The van der Waals surface area contributed by atoms with Crippen LogP contribution in [0.4, 0.5) is 0 Å². The second kappa shape index (κ2) is 6.69. The van der Waals surface area contributed by atoms with Crippen molar-refractivity contribution in [2.45, 2.75) is 13.0 Å². The number of allylic oxidation sites excluding steroid dienone is 2. The molecule has 0 aromatic heterocycles. The van der Waals surface area contributed by atoms with E-state index in [0.29, 0.717) is 6.61 Å². The van der Waals surface area contributed by atoms with Crippen molar-refractivity contribution in [1.29, 1.82) is 0 Å². The Balaban J connectivity index is 2.02. The zero-order valence-corrected chi connectivity index (χ0v) is 11.4. The molecule has 0 radical (unpaired) electrons. The van der Waals surface area contributed by atoms with Crippen molar-refractivity contribution in [3.63, 3.8) is 0 Å². The van der Waals surface area contributed by atoms with E-state index in [-0.39, 0.29) is 0 Å². The molecule has 1 aliphatic heterocycles. The van der Waals surface area contributed by atoms with Crippen molar-refractivity contribution >= 4 is 0 Å². The smallest absolute Gasteiger partial charge is 0.165 e. The molecule has 100 valence electrons. The largest absolute Gasteiger partial charge is 0.489 e. The summed E-state index contributed by atoms with van der Waals surface area (Å²) in [4.78, 5) is 1.96. The maximum Gasteiger partial charge on any atom is 0.165 e. The molecule has 1 heterocycles. The molecule has 0 fully saturated rings. The van der Waals surface area contributed by atoms with Gasteiger partial charge < -0.3 is 14.4 Å². The molecule has 0 amide bonds. The highest BCUT2D eigenvalue weighted by atomic mass is 16.5. The second-order valence-corrected chi connectivity index (χ2v) is 4.53. The summed E-state index contributed by atoms with van der Waals surface area (Å²) in [6.07, 6.45) is 8.28. The Bertz CT molecular complexity index is 487. The average molecular weight is 257 g/mol. The lowest BCUT2D eigenvalue weighted by Gasteiger charge is -2.16. The van der Waals surface area contributed by atoms with Crippen LogP contribution in [-0.2, 0) is 16.1 Å². The SMILES string of the molecule is CN(C)C=CC1=C(OCc2ccccc2)CC=CO1. The number of benzene rings is 1. The summed E-state index contributed by atoms with van der Waals surface area (Å²) in [7, 11) is 3.94. The van der Waals surface area contributed by atoms with Crippen LogP contribution in [0, 0.1) is 0 Å². The van der Waals surface area contributed by atoms with Crippen molar-refractivity contribution in [1.82, 2.24) is 4.90 Å². The zero-order valence-electron chi connectivity index (χ0n) is 11.4. The predicted octanol–water partition coefficient (Wildman–Crippen LogP) is 3.42. The molecule has 1 aliphatic rings. The van der Waals surface area contributed by atoms with E-state index in [1.165, 1.54) is 0 Å². The molecule has 3 nitrogen and oxygen atoms in total. The Labute approximate surface area is 114 Å². The highest BCUT2D eigenvalue weighted by molar-refractivity contribution is 5.22. The minimum atomic E-state index is 0.562. The van der Waals surface area contributed by atoms with Gasteiger partial charge in [0, 0.05) is 32.8 Å². The quantitative estimate of drug-likeness (QED) is 0.806. The third kappa shape index (κ3) is 4.21. The Morgan fingerprint density at radius 2 is 2.05 bits per heavy atom. The Morgan fingerprint density at radius 3 is 2.79 bits per heavy atom. The number of rotatable bonds is 5. The summed E-state index contributed by atoms with van der Waals surface area (Å²) in [5, 5.41) is 0. The van der Waals surface area contributed by atoms with Gasteiger partial charge in [0.05, 0.1) is 6.26 Å². The van der Waals surface area contributed by atoms with E-state index in [1.54, 1.807) is 6.26 Å². The zero-order chi connectivity index (χ0) is 13.5. The summed E-state index contributed by atoms with van der Waals surface area (Å²) in [6.45, 7) is 0.562. The molecule has 0 saturated heterocycles. The molecule has 1 aromatic rings. The van der Waals surface area contributed by atoms with Gasteiger partial charge in [-0.1, -0.05) is 30.3 Å². The van der Waals surface area contributed by atoms with Gasteiger partial charge in [-0.25, -0.2) is 0 Å². The molecule has 0 aliphatic carbocycles. The van der Waals surface area contributed by atoms with E-state index >= 15 is 0 Å². The normalized spacial score (nSPS) is 14.6. The lowest BCUT2D eigenvalue weighted by molar-refractivity contribution is 0.167. The number of ether oxygens (including phenoxy) is 2. The van der Waals surface area contributed by atoms with Gasteiger partial charge in [-0.3, -0.25) is 0 Å². The Hall–Kier alpha value is -2.16. The summed E-state index contributed by atoms with van der Waals surface area (Å²) >= 11 is 0. The maximum atomic E-state index is 5.85. The van der Waals surface area contributed by atoms with E-state index in [0.717, 1.165) is 23.5 Å². The van der Waals surface area contributed by atoms with Crippen LogP contribution in [0.3, 0.4) is 0 Å². The van der Waals surface area contributed by atoms with E-state index in [1.807, 2.05) is 55.5 Å². The van der Waals surface area contributed by atoms with Crippen LogP contribution >= 0.6 is 0 Å². The maximum absolute atomic E-state index is 5.85. The predicted molar refractivity (Wildman–Crippen MR) is 75.9 cm³/mol. The van der Waals surface area contributed by atoms with Crippen LogP contribution < -0.4 is 0 Å². The number of nitrogens with zero attached hydrogens (tertiary/aromatic N) is 1. The van der Waals surface area contributed by atoms with Gasteiger partial charge in [0.15, 0.2) is 5.76 Å². The van der Waals surface area contributed by atoms with Crippen LogP contribution in [0.5, 0.6) is 0 Å². The standard InChI is InChI=1S/C16H19NO2/c1-17(2)11-10-16-15(9-6-12-18-16)19-13-14-7-4-3-5-8-14/h3-8,10-12H,9,13H2,1-2H3. The fraction of sp³-hybridized carbons (Fsp3) is 0.250. The third-order valence-electron chi connectivity index (χ3n) is 2.65. The first-order valence-electron chi connectivity index (χ1n) is 6.32. The van der Waals surface area contributed by atoms with Crippen molar-refractivity contribution < 1.29 is 9.47 Å². The molecule has 0 saturated carbocycles. The highest BCUT2D eigenvalue weighted by Crippen LogP contribution is 2.20. The number of hydrogen-bond donors (Lipinski definition) is 0. The van der Waals surface area contributed by atoms with Crippen molar-refractivity contribution in [2.24, 2.45) is 0 Å². The molecule has 19 heavy (non-hydrogen) atoms. The average Bonchev–Trinajstić information content (AvgIpc) is 2.45. The van der Waals surface area contributed by atoms with Crippen LogP contribution in [0.25, 0.3) is 0 Å². The molecular weight excluding hydrogens is 238 g/mol.